The SMILES string of the molecule is CN1CCCN(C(OC(=O)C(F)(F)F)C(=O)Nc2cc(N3C(=O)N(Cc4ccncc4)C(C)(C)C3=O)ccc2OC(F)(F)F)CC1. The van der Waals surface area contributed by atoms with Gasteiger partial charge in [-0.25, -0.2) is 14.5 Å². The molecule has 2 aromatic rings. The van der Waals surface area contributed by atoms with Gasteiger partial charge in [0.05, 0.1) is 11.4 Å². The third-order valence-electron chi connectivity index (χ3n) is 7.38. The van der Waals surface area contributed by atoms with Crippen LogP contribution in [-0.2, 0) is 25.7 Å². The number of hydrogen-bond acceptors (Lipinski definition) is 9. The molecule has 2 fully saturated rings. The van der Waals surface area contributed by atoms with Gasteiger partial charge in [-0.2, -0.15) is 13.2 Å². The first-order chi connectivity index (χ1) is 21.4. The lowest BCUT2D eigenvalue weighted by molar-refractivity contribution is -0.274. The molecule has 0 saturated carbocycles. The smallest absolute Gasteiger partial charge is 0.430 e. The standard InChI is InChI=1S/C28H30F6N6O6/c1-26(2)23(42)40(25(44)39(26)16-17-7-9-35-10-8-17)18-5-6-20(46-28(32,33)34)19(15-18)36-21(41)22(45-24(43)27(29,30)31)38-12-4-11-37(3)13-14-38/h5-10,15,22H,4,11-14,16H2,1-3H3,(H,36,41). The highest BCUT2D eigenvalue weighted by Crippen LogP contribution is 2.38. The van der Waals surface area contributed by atoms with Gasteiger partial charge in [-0.1, -0.05) is 0 Å². The van der Waals surface area contributed by atoms with E-state index in [1.165, 1.54) is 31.1 Å². The van der Waals surface area contributed by atoms with E-state index >= 15 is 0 Å². The van der Waals surface area contributed by atoms with E-state index in [4.69, 9.17) is 0 Å². The number of pyridine rings is 1. The van der Waals surface area contributed by atoms with Crippen LogP contribution in [0.15, 0.2) is 42.7 Å². The molecule has 2 aliphatic rings. The number of imide groups is 1. The summed E-state index contributed by atoms with van der Waals surface area (Å²) < 4.78 is 87.9. The van der Waals surface area contributed by atoms with E-state index < -0.39 is 59.6 Å². The summed E-state index contributed by atoms with van der Waals surface area (Å²) in [7, 11) is 1.73. The van der Waals surface area contributed by atoms with Crippen LogP contribution in [0.25, 0.3) is 0 Å². The molecule has 12 nitrogen and oxygen atoms in total. The summed E-state index contributed by atoms with van der Waals surface area (Å²) in [6.45, 7) is 3.69. The Morgan fingerprint density at radius 3 is 2.30 bits per heavy atom. The third kappa shape index (κ3) is 7.85. The summed E-state index contributed by atoms with van der Waals surface area (Å²) in [6, 6.07) is 4.95. The number of amides is 4. The van der Waals surface area contributed by atoms with Gasteiger partial charge in [-0.05, 0) is 69.8 Å². The van der Waals surface area contributed by atoms with Crippen LogP contribution < -0.4 is 15.0 Å². The molecule has 0 spiro atoms. The number of benzene rings is 1. The number of aromatic nitrogens is 1. The van der Waals surface area contributed by atoms with Gasteiger partial charge in [0.1, 0.15) is 5.54 Å². The van der Waals surface area contributed by atoms with Crippen molar-refractivity contribution in [2.45, 2.75) is 51.1 Å². The quantitative estimate of drug-likeness (QED) is 0.256. The molecule has 0 bridgehead atoms. The number of halogens is 6. The molecule has 46 heavy (non-hydrogen) atoms. The highest BCUT2D eigenvalue weighted by Gasteiger charge is 2.52. The number of esters is 1. The van der Waals surface area contributed by atoms with E-state index in [1.54, 1.807) is 19.2 Å². The van der Waals surface area contributed by atoms with Gasteiger partial charge in [0.25, 0.3) is 11.8 Å². The predicted molar refractivity (Wildman–Crippen MR) is 148 cm³/mol. The Morgan fingerprint density at radius 1 is 1.00 bits per heavy atom. The second kappa shape index (κ2) is 13.1. The highest BCUT2D eigenvalue weighted by atomic mass is 19.4. The molecular weight excluding hydrogens is 630 g/mol. The van der Waals surface area contributed by atoms with Crippen molar-refractivity contribution in [2.75, 3.05) is 43.4 Å². The predicted octanol–water partition coefficient (Wildman–Crippen LogP) is 3.74. The molecule has 0 radical (unpaired) electrons. The van der Waals surface area contributed by atoms with Gasteiger partial charge < -0.3 is 24.6 Å². The van der Waals surface area contributed by atoms with Crippen molar-refractivity contribution in [1.82, 2.24) is 19.7 Å². The number of carbonyl (C=O) groups is 4. The summed E-state index contributed by atoms with van der Waals surface area (Å²) in [4.78, 5) is 60.9. The van der Waals surface area contributed by atoms with Gasteiger partial charge >= 0.3 is 24.5 Å². The van der Waals surface area contributed by atoms with E-state index in [9.17, 15) is 45.5 Å². The van der Waals surface area contributed by atoms with Crippen LogP contribution in [0.4, 0.5) is 42.5 Å². The Bertz CT molecular complexity index is 1470. The number of anilines is 2. The molecule has 4 rings (SSSR count). The van der Waals surface area contributed by atoms with Crippen molar-refractivity contribution in [3.63, 3.8) is 0 Å². The molecule has 1 N–H and O–H groups in total. The van der Waals surface area contributed by atoms with Crippen molar-refractivity contribution in [3.05, 3.63) is 48.3 Å². The zero-order valence-electron chi connectivity index (χ0n) is 24.8. The number of nitrogens with one attached hydrogen (secondary N) is 1. The first-order valence-electron chi connectivity index (χ1n) is 13.8. The lowest BCUT2D eigenvalue weighted by Gasteiger charge is -2.29. The fourth-order valence-corrected chi connectivity index (χ4v) is 4.93. The largest absolute Gasteiger partial charge is 0.573 e. The van der Waals surface area contributed by atoms with Gasteiger partial charge in [0.15, 0.2) is 5.75 Å². The minimum atomic E-state index is -5.48. The third-order valence-corrected chi connectivity index (χ3v) is 7.38. The number of urea groups is 1. The fraction of sp³-hybridized carbons (Fsp3) is 0.464. The maximum atomic E-state index is 13.5. The maximum absolute atomic E-state index is 13.5. The first kappa shape index (κ1) is 34.4. The van der Waals surface area contributed by atoms with Gasteiger partial charge in [0.2, 0.25) is 6.23 Å². The Labute approximate surface area is 258 Å². The summed E-state index contributed by atoms with van der Waals surface area (Å²) in [5.41, 5.74) is -1.81. The lowest BCUT2D eigenvalue weighted by Crippen LogP contribution is -2.50. The van der Waals surface area contributed by atoms with E-state index in [0.29, 0.717) is 23.4 Å². The Hall–Kier alpha value is -4.45. The van der Waals surface area contributed by atoms with Crippen LogP contribution in [0.2, 0.25) is 0 Å². The molecule has 0 aliphatic carbocycles. The van der Waals surface area contributed by atoms with E-state index in [-0.39, 0.29) is 31.9 Å². The van der Waals surface area contributed by atoms with Crippen molar-refractivity contribution < 1.29 is 55.0 Å². The molecule has 250 valence electrons. The number of ether oxygens (including phenoxy) is 2. The van der Waals surface area contributed by atoms with E-state index in [1.807, 2.05) is 4.90 Å². The van der Waals surface area contributed by atoms with Crippen molar-refractivity contribution in [2.24, 2.45) is 0 Å². The van der Waals surface area contributed by atoms with Crippen LogP contribution in [-0.4, -0.2) is 101 Å². The normalized spacial score (nSPS) is 18.7. The second-order valence-electron chi connectivity index (χ2n) is 11.1. The summed E-state index contributed by atoms with van der Waals surface area (Å²) in [6.07, 6.45) is -9.61. The van der Waals surface area contributed by atoms with Crippen molar-refractivity contribution in [3.8, 4) is 5.75 Å². The average Bonchev–Trinajstić information content (AvgIpc) is 3.09. The Balaban J connectivity index is 1.69. The summed E-state index contributed by atoms with van der Waals surface area (Å²) in [5, 5.41) is 2.05. The molecule has 1 unspecified atom stereocenters. The first-order valence-corrected chi connectivity index (χ1v) is 13.8. The monoisotopic (exact) mass is 660 g/mol. The summed E-state index contributed by atoms with van der Waals surface area (Å²) >= 11 is 0. The highest BCUT2D eigenvalue weighted by molar-refractivity contribution is 6.23. The number of rotatable bonds is 8. The van der Waals surface area contributed by atoms with Crippen LogP contribution >= 0.6 is 0 Å². The van der Waals surface area contributed by atoms with Crippen LogP contribution in [0.3, 0.4) is 0 Å². The fourth-order valence-electron chi connectivity index (χ4n) is 4.93. The van der Waals surface area contributed by atoms with Gasteiger partial charge in [-0.15, -0.1) is 13.2 Å². The zero-order valence-corrected chi connectivity index (χ0v) is 24.8. The molecule has 1 atom stereocenters. The van der Waals surface area contributed by atoms with Gasteiger partial charge in [0, 0.05) is 38.6 Å². The van der Waals surface area contributed by atoms with Crippen molar-refractivity contribution in [1.29, 1.82) is 0 Å². The van der Waals surface area contributed by atoms with Gasteiger partial charge in [-0.3, -0.25) is 19.5 Å². The van der Waals surface area contributed by atoms with Crippen LogP contribution in [0, 0.1) is 0 Å². The molecule has 18 heteroatoms. The zero-order chi connectivity index (χ0) is 34.0. The average molecular weight is 661 g/mol. The molecule has 1 aromatic heterocycles. The minimum Gasteiger partial charge on any atom is -0.430 e. The topological polar surface area (TPSA) is 125 Å². The molecule has 1 aromatic carbocycles. The minimum absolute atomic E-state index is 0.0126. The number of nitrogens with zero attached hydrogens (tertiary/aromatic N) is 5. The Kier molecular flexibility index (Phi) is 9.81. The molecule has 4 amide bonds. The second-order valence-corrected chi connectivity index (χ2v) is 11.1. The molecule has 2 aliphatic heterocycles. The molecule has 3 heterocycles. The Morgan fingerprint density at radius 2 is 1.67 bits per heavy atom. The van der Waals surface area contributed by atoms with Crippen molar-refractivity contribution >= 4 is 35.2 Å². The van der Waals surface area contributed by atoms with E-state index in [0.717, 1.165) is 23.1 Å². The van der Waals surface area contributed by atoms with Crippen LogP contribution in [0.5, 0.6) is 5.75 Å². The number of likely N-dealkylation sites (N-methyl/N-ethyl adjacent to an activating group) is 1. The number of carbonyl (C=O) groups excluding carboxylic acids is 4. The lowest BCUT2D eigenvalue weighted by atomic mass is 10.0. The molecular formula is C28H30F6N6O6. The van der Waals surface area contributed by atoms with Crippen LogP contribution in [0.1, 0.15) is 25.8 Å². The summed E-state index contributed by atoms with van der Waals surface area (Å²) in [5.74, 6) is -5.87. The molecule has 2 saturated heterocycles. The maximum Gasteiger partial charge on any atom is 0.573 e. The number of alkyl halides is 6. The number of hydrogen-bond donors (Lipinski definition) is 1. The van der Waals surface area contributed by atoms with E-state index in [2.05, 4.69) is 19.8 Å².